The standard InChI is InChI=1S/C16H37N3Si/c1-16(2,3)17-20(7,8)13-19(6)15-12-10-9-11-14(15)18(4)5/h14-15,17H,9-13H2,1-8H3/t14-,15-/m1/s1. The molecule has 0 aliphatic heterocycles. The predicted molar refractivity (Wildman–Crippen MR) is 92.7 cm³/mol. The van der Waals surface area contributed by atoms with Gasteiger partial charge in [-0.25, -0.2) is 0 Å². The van der Waals surface area contributed by atoms with Crippen LogP contribution in [0.2, 0.25) is 13.1 Å². The van der Waals surface area contributed by atoms with Crippen LogP contribution in [0.15, 0.2) is 0 Å². The summed E-state index contributed by atoms with van der Waals surface area (Å²) in [4.78, 5) is 8.98. The van der Waals surface area contributed by atoms with E-state index >= 15 is 0 Å². The van der Waals surface area contributed by atoms with Crippen molar-refractivity contribution < 1.29 is 0 Å². The monoisotopic (exact) mass is 299 g/mol. The van der Waals surface area contributed by atoms with Crippen LogP contribution >= 0.6 is 0 Å². The van der Waals surface area contributed by atoms with Crippen molar-refractivity contribution in [2.24, 2.45) is 0 Å². The maximum absolute atomic E-state index is 3.89. The van der Waals surface area contributed by atoms with Crippen LogP contribution in [0, 0.1) is 0 Å². The van der Waals surface area contributed by atoms with Crippen molar-refractivity contribution >= 4 is 8.24 Å². The molecule has 20 heavy (non-hydrogen) atoms. The van der Waals surface area contributed by atoms with Gasteiger partial charge in [-0.3, -0.25) is 0 Å². The smallest absolute Gasteiger partial charge is 0.133 e. The summed E-state index contributed by atoms with van der Waals surface area (Å²) < 4.78 is 0. The number of hydrogen-bond acceptors (Lipinski definition) is 3. The van der Waals surface area contributed by atoms with Gasteiger partial charge in [0.15, 0.2) is 0 Å². The van der Waals surface area contributed by atoms with Gasteiger partial charge in [0.05, 0.1) is 0 Å². The maximum atomic E-state index is 3.89. The van der Waals surface area contributed by atoms with E-state index in [9.17, 15) is 0 Å². The third-order valence-corrected chi connectivity index (χ3v) is 7.00. The van der Waals surface area contributed by atoms with Crippen LogP contribution < -0.4 is 4.98 Å². The van der Waals surface area contributed by atoms with Crippen molar-refractivity contribution in [2.75, 3.05) is 27.3 Å². The van der Waals surface area contributed by atoms with Crippen molar-refractivity contribution in [3.63, 3.8) is 0 Å². The van der Waals surface area contributed by atoms with E-state index in [1.54, 1.807) is 0 Å². The molecular weight excluding hydrogens is 262 g/mol. The molecule has 0 saturated heterocycles. The Kier molecular flexibility index (Phi) is 6.26. The molecule has 1 saturated carbocycles. The molecule has 0 aromatic rings. The van der Waals surface area contributed by atoms with E-state index in [1.807, 2.05) is 0 Å². The van der Waals surface area contributed by atoms with Crippen LogP contribution in [0.5, 0.6) is 0 Å². The van der Waals surface area contributed by atoms with Crippen LogP contribution in [0.4, 0.5) is 0 Å². The zero-order valence-corrected chi connectivity index (χ0v) is 16.1. The third kappa shape index (κ3) is 5.84. The lowest BCUT2D eigenvalue weighted by Crippen LogP contribution is -2.62. The molecular formula is C16H37N3Si. The molecule has 0 spiro atoms. The van der Waals surface area contributed by atoms with Gasteiger partial charge >= 0.3 is 0 Å². The lowest BCUT2D eigenvalue weighted by molar-refractivity contribution is 0.103. The molecule has 3 nitrogen and oxygen atoms in total. The van der Waals surface area contributed by atoms with Crippen LogP contribution in [0.3, 0.4) is 0 Å². The van der Waals surface area contributed by atoms with Crippen LogP contribution in [0.1, 0.15) is 46.5 Å². The highest BCUT2D eigenvalue weighted by atomic mass is 28.3. The SMILES string of the molecule is CN(C)[C@@H]1CCCC[C@H]1N(C)C[Si](C)(C)NC(C)(C)C. The van der Waals surface area contributed by atoms with Gasteiger partial charge in [-0.2, -0.15) is 0 Å². The highest BCUT2D eigenvalue weighted by Gasteiger charge is 2.34. The van der Waals surface area contributed by atoms with Gasteiger partial charge in [-0.15, -0.1) is 0 Å². The molecule has 1 aliphatic carbocycles. The fourth-order valence-electron chi connectivity index (χ4n) is 4.00. The van der Waals surface area contributed by atoms with E-state index in [-0.39, 0.29) is 5.54 Å². The molecule has 1 N–H and O–H groups in total. The Morgan fingerprint density at radius 1 is 1.00 bits per heavy atom. The maximum Gasteiger partial charge on any atom is 0.133 e. The van der Waals surface area contributed by atoms with Crippen molar-refractivity contribution in [1.29, 1.82) is 0 Å². The van der Waals surface area contributed by atoms with Crippen LogP contribution in [-0.4, -0.2) is 63.0 Å². The highest BCUT2D eigenvalue weighted by molar-refractivity contribution is 6.75. The molecule has 1 aliphatic rings. The third-order valence-electron chi connectivity index (χ3n) is 4.28. The van der Waals surface area contributed by atoms with E-state index in [0.29, 0.717) is 0 Å². The Morgan fingerprint density at radius 3 is 1.95 bits per heavy atom. The summed E-state index contributed by atoms with van der Waals surface area (Å²) >= 11 is 0. The summed E-state index contributed by atoms with van der Waals surface area (Å²) in [7, 11) is 5.43. The average molecular weight is 300 g/mol. The molecule has 0 radical (unpaired) electrons. The van der Waals surface area contributed by atoms with E-state index in [4.69, 9.17) is 0 Å². The lowest BCUT2D eigenvalue weighted by Gasteiger charge is -2.44. The van der Waals surface area contributed by atoms with E-state index in [1.165, 1.54) is 31.9 Å². The molecule has 1 fully saturated rings. The molecule has 2 atom stereocenters. The van der Waals surface area contributed by atoms with Gasteiger partial charge in [0.25, 0.3) is 0 Å². The van der Waals surface area contributed by atoms with Gasteiger partial charge < -0.3 is 14.8 Å². The zero-order valence-electron chi connectivity index (χ0n) is 15.1. The Labute approximate surface area is 128 Å². The molecule has 0 heterocycles. The molecule has 4 heteroatoms. The van der Waals surface area contributed by atoms with Crippen molar-refractivity contribution in [1.82, 2.24) is 14.8 Å². The van der Waals surface area contributed by atoms with Gasteiger partial charge in [-0.05, 0) is 54.8 Å². The Hall–Kier alpha value is 0.0969. The minimum atomic E-state index is -1.39. The quantitative estimate of drug-likeness (QED) is 0.788. The largest absolute Gasteiger partial charge is 0.332 e. The number of rotatable bonds is 5. The topological polar surface area (TPSA) is 18.5 Å². The first-order chi connectivity index (χ1) is 9.02. The summed E-state index contributed by atoms with van der Waals surface area (Å²) in [6.07, 6.45) is 6.75. The lowest BCUT2D eigenvalue weighted by atomic mass is 9.89. The molecule has 0 aromatic carbocycles. The van der Waals surface area contributed by atoms with Gasteiger partial charge in [0.1, 0.15) is 8.24 Å². The first kappa shape index (κ1) is 18.1. The Morgan fingerprint density at radius 2 is 1.50 bits per heavy atom. The molecule has 0 unspecified atom stereocenters. The number of nitrogens with zero attached hydrogens (tertiary/aromatic N) is 2. The number of likely N-dealkylation sites (N-methyl/N-ethyl adjacent to an activating group) is 2. The van der Waals surface area contributed by atoms with Crippen molar-refractivity contribution in [3.05, 3.63) is 0 Å². The van der Waals surface area contributed by atoms with Gasteiger partial charge in [-0.1, -0.05) is 25.9 Å². The number of nitrogens with one attached hydrogen (secondary N) is 1. The Balaban J connectivity index is 2.66. The minimum Gasteiger partial charge on any atom is -0.332 e. The van der Waals surface area contributed by atoms with Crippen LogP contribution in [0.25, 0.3) is 0 Å². The van der Waals surface area contributed by atoms with Crippen molar-refractivity contribution in [3.8, 4) is 0 Å². The fraction of sp³-hybridized carbons (Fsp3) is 1.00. The molecule has 0 aromatic heterocycles. The van der Waals surface area contributed by atoms with E-state index < -0.39 is 8.24 Å². The zero-order chi connectivity index (χ0) is 15.6. The highest BCUT2D eigenvalue weighted by Crippen LogP contribution is 2.26. The van der Waals surface area contributed by atoms with E-state index in [2.05, 4.69) is 69.8 Å². The summed E-state index contributed by atoms with van der Waals surface area (Å²) in [6.45, 7) is 11.8. The summed E-state index contributed by atoms with van der Waals surface area (Å²) in [5, 5.41) is 0. The average Bonchev–Trinajstić information content (AvgIpc) is 2.24. The summed E-state index contributed by atoms with van der Waals surface area (Å²) in [6, 6.07) is 1.46. The first-order valence-corrected chi connectivity index (χ1v) is 11.4. The van der Waals surface area contributed by atoms with E-state index in [0.717, 1.165) is 12.1 Å². The van der Waals surface area contributed by atoms with Crippen LogP contribution in [-0.2, 0) is 0 Å². The predicted octanol–water partition coefficient (Wildman–Crippen LogP) is 2.92. The molecule has 1 rings (SSSR count). The second kappa shape index (κ2) is 6.90. The Bertz CT molecular complexity index is 297. The number of hydrogen-bond donors (Lipinski definition) is 1. The fourth-order valence-corrected chi connectivity index (χ4v) is 7.59. The summed E-state index contributed by atoms with van der Waals surface area (Å²) in [5.41, 5.74) is 0.226. The summed E-state index contributed by atoms with van der Waals surface area (Å²) in [5.74, 6) is 0. The molecule has 0 amide bonds. The normalized spacial score (nSPS) is 25.5. The minimum absolute atomic E-state index is 0.226. The van der Waals surface area contributed by atoms with Gasteiger partial charge in [0, 0.05) is 23.8 Å². The van der Waals surface area contributed by atoms with Crippen molar-refractivity contribution in [2.45, 2.75) is 77.2 Å². The van der Waals surface area contributed by atoms with Gasteiger partial charge in [0.2, 0.25) is 0 Å². The molecule has 0 bridgehead atoms. The second-order valence-corrected chi connectivity index (χ2v) is 12.9. The first-order valence-electron chi connectivity index (χ1n) is 8.18. The molecule has 120 valence electrons. The second-order valence-electron chi connectivity index (χ2n) is 8.56.